The van der Waals surface area contributed by atoms with Crippen LogP contribution in [0.1, 0.15) is 69.3 Å². The van der Waals surface area contributed by atoms with Crippen LogP contribution in [0.2, 0.25) is 0 Å². The summed E-state index contributed by atoms with van der Waals surface area (Å²) in [6.45, 7) is 4.92. The summed E-state index contributed by atoms with van der Waals surface area (Å²) in [6.07, 6.45) is 8.49. The third-order valence-corrected chi connectivity index (χ3v) is 6.02. The van der Waals surface area contributed by atoms with Gasteiger partial charge in [-0.15, -0.1) is 0 Å². The second-order valence-electron chi connectivity index (χ2n) is 7.79. The number of ether oxygens (including phenoxy) is 2. The number of hydrogen-bond acceptors (Lipinski definition) is 2. The van der Waals surface area contributed by atoms with Crippen LogP contribution in [0.25, 0.3) is 0 Å². The number of hydrogen-bond donors (Lipinski definition) is 0. The average molecular weight is 352 g/mol. The molecule has 2 nitrogen and oxygen atoms in total. The maximum atomic E-state index is 13.7. The second kappa shape index (κ2) is 8.59. The summed E-state index contributed by atoms with van der Waals surface area (Å²) in [5.41, 5.74) is 0.472. The predicted octanol–water partition coefficient (Wildman–Crippen LogP) is 5.93. The Hall–Kier alpha value is -1.00. The number of halogens is 2. The quantitative estimate of drug-likeness (QED) is 0.654. The molecule has 0 aromatic heterocycles. The highest BCUT2D eigenvalue weighted by Gasteiger charge is 2.32. The summed E-state index contributed by atoms with van der Waals surface area (Å²) < 4.78 is 39.1. The highest BCUT2D eigenvalue weighted by Crippen LogP contribution is 2.38. The standard InChI is InChI=1S/C21H30F2O2/c1-3-4-5-15-6-8-16(9-7-15)18-12-24-21(25-13-18)17-10-19(22)14(2)20(23)11-17/h10-11,15-16,18,21H,3-9,12-13H2,1-2H3. The fourth-order valence-electron chi connectivity index (χ4n) is 4.22. The van der Waals surface area contributed by atoms with Crippen molar-refractivity contribution in [1.29, 1.82) is 0 Å². The lowest BCUT2D eigenvalue weighted by Crippen LogP contribution is -2.34. The number of unbranched alkanes of at least 4 members (excludes halogenated alkanes) is 1. The van der Waals surface area contributed by atoms with Crippen LogP contribution in [-0.2, 0) is 9.47 Å². The molecule has 0 spiro atoms. The van der Waals surface area contributed by atoms with Crippen LogP contribution >= 0.6 is 0 Å². The van der Waals surface area contributed by atoms with E-state index in [0.29, 0.717) is 30.6 Å². The van der Waals surface area contributed by atoms with Gasteiger partial charge in [-0.05, 0) is 43.7 Å². The smallest absolute Gasteiger partial charge is 0.184 e. The van der Waals surface area contributed by atoms with E-state index >= 15 is 0 Å². The van der Waals surface area contributed by atoms with Crippen LogP contribution < -0.4 is 0 Å². The van der Waals surface area contributed by atoms with E-state index in [2.05, 4.69) is 6.92 Å². The molecule has 2 fully saturated rings. The van der Waals surface area contributed by atoms with Crippen molar-refractivity contribution in [2.45, 2.75) is 65.1 Å². The Bertz CT molecular complexity index is 536. The molecule has 1 heterocycles. The van der Waals surface area contributed by atoms with Gasteiger partial charge in [-0.3, -0.25) is 0 Å². The van der Waals surface area contributed by atoms with Gasteiger partial charge in [0.2, 0.25) is 0 Å². The van der Waals surface area contributed by atoms with Gasteiger partial charge in [-0.2, -0.15) is 0 Å². The monoisotopic (exact) mass is 352 g/mol. The van der Waals surface area contributed by atoms with Crippen molar-refractivity contribution in [3.63, 3.8) is 0 Å². The van der Waals surface area contributed by atoms with Crippen LogP contribution in [0.4, 0.5) is 8.78 Å². The van der Waals surface area contributed by atoms with Gasteiger partial charge in [0, 0.05) is 17.0 Å². The van der Waals surface area contributed by atoms with Gasteiger partial charge in [-0.1, -0.05) is 39.0 Å². The third kappa shape index (κ3) is 4.59. The Morgan fingerprint density at radius 3 is 2.12 bits per heavy atom. The van der Waals surface area contributed by atoms with E-state index in [9.17, 15) is 8.78 Å². The number of benzene rings is 1. The molecule has 0 N–H and O–H groups in total. The van der Waals surface area contributed by atoms with Crippen molar-refractivity contribution in [1.82, 2.24) is 0 Å². The first kappa shape index (κ1) is 18.8. The summed E-state index contributed by atoms with van der Waals surface area (Å²) >= 11 is 0. The summed E-state index contributed by atoms with van der Waals surface area (Å²) in [4.78, 5) is 0. The largest absolute Gasteiger partial charge is 0.348 e. The molecule has 0 amide bonds. The molecule has 1 saturated carbocycles. The zero-order chi connectivity index (χ0) is 17.8. The SMILES string of the molecule is CCCCC1CCC(C2COC(c3cc(F)c(C)c(F)c3)OC2)CC1. The van der Waals surface area contributed by atoms with Crippen molar-refractivity contribution >= 4 is 0 Å². The minimum absolute atomic E-state index is 0.0391. The maximum absolute atomic E-state index is 13.7. The van der Waals surface area contributed by atoms with Gasteiger partial charge in [0.15, 0.2) is 6.29 Å². The van der Waals surface area contributed by atoms with Gasteiger partial charge in [-0.25, -0.2) is 8.78 Å². The molecule has 1 aliphatic heterocycles. The van der Waals surface area contributed by atoms with Crippen molar-refractivity contribution in [3.8, 4) is 0 Å². The Morgan fingerprint density at radius 2 is 1.56 bits per heavy atom. The van der Waals surface area contributed by atoms with E-state index in [4.69, 9.17) is 9.47 Å². The molecule has 1 aliphatic carbocycles. The molecule has 0 bridgehead atoms. The van der Waals surface area contributed by atoms with Crippen LogP contribution in [0.15, 0.2) is 12.1 Å². The Morgan fingerprint density at radius 1 is 0.960 bits per heavy atom. The van der Waals surface area contributed by atoms with Crippen LogP contribution in [0.3, 0.4) is 0 Å². The fraction of sp³-hybridized carbons (Fsp3) is 0.714. The van der Waals surface area contributed by atoms with E-state index in [1.165, 1.54) is 64.0 Å². The zero-order valence-corrected chi connectivity index (χ0v) is 15.4. The van der Waals surface area contributed by atoms with E-state index in [1.54, 1.807) is 0 Å². The number of rotatable bonds is 5. The Balaban J connectivity index is 1.49. The molecule has 25 heavy (non-hydrogen) atoms. The Kier molecular flexibility index (Phi) is 6.45. The average Bonchev–Trinajstić information content (AvgIpc) is 2.64. The van der Waals surface area contributed by atoms with Crippen LogP contribution in [0, 0.1) is 36.3 Å². The van der Waals surface area contributed by atoms with Gasteiger partial charge in [0.05, 0.1) is 13.2 Å². The van der Waals surface area contributed by atoms with Crippen molar-refractivity contribution in [2.24, 2.45) is 17.8 Å². The summed E-state index contributed by atoms with van der Waals surface area (Å²) in [5, 5.41) is 0. The first-order chi connectivity index (χ1) is 12.1. The molecule has 4 heteroatoms. The molecular weight excluding hydrogens is 322 g/mol. The van der Waals surface area contributed by atoms with Gasteiger partial charge < -0.3 is 9.47 Å². The molecular formula is C21H30F2O2. The molecule has 2 aliphatic rings. The highest BCUT2D eigenvalue weighted by atomic mass is 19.1. The highest BCUT2D eigenvalue weighted by molar-refractivity contribution is 5.26. The van der Waals surface area contributed by atoms with Crippen molar-refractivity contribution < 1.29 is 18.3 Å². The lowest BCUT2D eigenvalue weighted by Gasteiger charge is -2.38. The maximum Gasteiger partial charge on any atom is 0.184 e. The molecule has 140 valence electrons. The predicted molar refractivity (Wildman–Crippen MR) is 94.2 cm³/mol. The molecule has 3 rings (SSSR count). The van der Waals surface area contributed by atoms with E-state index < -0.39 is 17.9 Å². The third-order valence-electron chi connectivity index (χ3n) is 6.02. The summed E-state index contributed by atoms with van der Waals surface area (Å²) in [5.74, 6) is 0.867. The lowest BCUT2D eigenvalue weighted by atomic mass is 9.74. The van der Waals surface area contributed by atoms with Gasteiger partial charge in [0.25, 0.3) is 0 Å². The van der Waals surface area contributed by atoms with E-state index in [0.717, 1.165) is 5.92 Å². The zero-order valence-electron chi connectivity index (χ0n) is 15.4. The normalized spacial score (nSPS) is 30.4. The fourth-order valence-corrected chi connectivity index (χ4v) is 4.22. The topological polar surface area (TPSA) is 18.5 Å². The van der Waals surface area contributed by atoms with Crippen molar-refractivity contribution in [3.05, 3.63) is 34.9 Å². The molecule has 1 aromatic carbocycles. The van der Waals surface area contributed by atoms with Gasteiger partial charge >= 0.3 is 0 Å². The molecule has 0 radical (unpaired) electrons. The summed E-state index contributed by atoms with van der Waals surface area (Å²) in [7, 11) is 0. The minimum atomic E-state index is -0.651. The van der Waals surface area contributed by atoms with Crippen molar-refractivity contribution in [2.75, 3.05) is 13.2 Å². The Labute approximate surface area is 149 Å². The van der Waals surface area contributed by atoms with E-state index in [-0.39, 0.29) is 5.56 Å². The molecule has 0 atom stereocenters. The molecule has 0 unspecified atom stereocenters. The molecule has 1 saturated heterocycles. The first-order valence-corrected chi connectivity index (χ1v) is 9.77. The first-order valence-electron chi connectivity index (χ1n) is 9.77. The van der Waals surface area contributed by atoms with Crippen LogP contribution in [-0.4, -0.2) is 13.2 Å². The molecule has 1 aromatic rings. The summed E-state index contributed by atoms with van der Waals surface area (Å²) in [6, 6.07) is 2.64. The van der Waals surface area contributed by atoms with Gasteiger partial charge in [0.1, 0.15) is 11.6 Å². The van der Waals surface area contributed by atoms with E-state index in [1.807, 2.05) is 0 Å². The lowest BCUT2D eigenvalue weighted by molar-refractivity contribution is -0.215. The van der Waals surface area contributed by atoms with Crippen LogP contribution in [0.5, 0.6) is 0 Å². The minimum Gasteiger partial charge on any atom is -0.348 e. The second-order valence-corrected chi connectivity index (χ2v) is 7.79.